The fraction of sp³-hybridized carbons (Fsp3) is 0.300. The lowest BCUT2D eigenvalue weighted by atomic mass is 10.0. The molecular weight excluding hydrogens is 228 g/mol. The van der Waals surface area contributed by atoms with Crippen molar-refractivity contribution in [1.82, 2.24) is 5.32 Å². The number of cyclic esters (lactones) is 1. The fourth-order valence-electron chi connectivity index (χ4n) is 1.60. The number of anilines is 1. The summed E-state index contributed by atoms with van der Waals surface area (Å²) in [6.45, 7) is 0.0927. The standard InChI is InChI=1S/C10H11N2O5/c13-9(8-5-17-10(14)11-8)6-1-3-7(4-2-6)12(15)16/h1-4,8-9,13,15H,5H2,(H,11,14)/q-1/t8-,9-/m1/s1. The fourth-order valence-corrected chi connectivity index (χ4v) is 1.60. The first-order valence-corrected chi connectivity index (χ1v) is 4.95. The Labute approximate surface area is 96.8 Å². The Morgan fingerprint density at radius 2 is 2.12 bits per heavy atom. The van der Waals surface area contributed by atoms with Gasteiger partial charge in [-0.25, -0.2) is 4.79 Å². The van der Waals surface area contributed by atoms with Gasteiger partial charge in [-0.1, -0.05) is 12.1 Å². The summed E-state index contributed by atoms with van der Waals surface area (Å²) in [5.41, 5.74) is 0.582. The van der Waals surface area contributed by atoms with E-state index in [1.165, 1.54) is 24.3 Å². The van der Waals surface area contributed by atoms with Crippen LogP contribution in [0.1, 0.15) is 11.7 Å². The summed E-state index contributed by atoms with van der Waals surface area (Å²) in [7, 11) is 0. The Bertz CT molecular complexity index is 406. The summed E-state index contributed by atoms with van der Waals surface area (Å²) in [5.74, 6) is 0. The van der Waals surface area contributed by atoms with E-state index in [9.17, 15) is 15.1 Å². The SMILES string of the molecule is O=C1N[C@@H]([C@H](O)c2ccc(N([O-])O)cc2)CO1. The van der Waals surface area contributed by atoms with Gasteiger partial charge in [0.05, 0.1) is 11.7 Å². The van der Waals surface area contributed by atoms with Gasteiger partial charge >= 0.3 is 6.09 Å². The highest BCUT2D eigenvalue weighted by atomic mass is 16.8. The van der Waals surface area contributed by atoms with E-state index in [0.717, 1.165) is 0 Å². The molecule has 1 aliphatic rings. The lowest BCUT2D eigenvalue weighted by Crippen LogP contribution is -2.32. The molecule has 0 aromatic heterocycles. The van der Waals surface area contributed by atoms with Gasteiger partial charge in [0.15, 0.2) is 0 Å². The molecule has 1 fully saturated rings. The van der Waals surface area contributed by atoms with Crippen LogP contribution in [-0.2, 0) is 4.74 Å². The molecule has 3 N–H and O–H groups in total. The van der Waals surface area contributed by atoms with Crippen LogP contribution in [0.3, 0.4) is 0 Å². The van der Waals surface area contributed by atoms with Gasteiger partial charge < -0.3 is 25.6 Å². The van der Waals surface area contributed by atoms with E-state index in [-0.39, 0.29) is 17.5 Å². The first-order chi connectivity index (χ1) is 8.08. The van der Waals surface area contributed by atoms with Crippen molar-refractivity contribution in [3.63, 3.8) is 0 Å². The number of amides is 1. The predicted molar refractivity (Wildman–Crippen MR) is 57.3 cm³/mol. The molecule has 92 valence electrons. The van der Waals surface area contributed by atoms with Gasteiger partial charge in [-0.3, -0.25) is 5.21 Å². The van der Waals surface area contributed by atoms with Gasteiger partial charge in [0, 0.05) is 0 Å². The van der Waals surface area contributed by atoms with Crippen molar-refractivity contribution in [1.29, 1.82) is 0 Å². The van der Waals surface area contributed by atoms with Gasteiger partial charge in [0.1, 0.15) is 12.7 Å². The number of ether oxygens (including phenoxy) is 1. The number of hydrogen-bond donors (Lipinski definition) is 3. The Balaban J connectivity index is 2.09. The molecule has 0 saturated carbocycles. The number of nitrogens with zero attached hydrogens (tertiary/aromatic N) is 1. The number of aliphatic hydroxyl groups excluding tert-OH is 1. The van der Waals surface area contributed by atoms with Crippen LogP contribution >= 0.6 is 0 Å². The average Bonchev–Trinajstić information content (AvgIpc) is 2.75. The molecule has 1 saturated heterocycles. The summed E-state index contributed by atoms with van der Waals surface area (Å²) < 4.78 is 4.66. The van der Waals surface area contributed by atoms with Gasteiger partial charge in [-0.15, -0.1) is 0 Å². The van der Waals surface area contributed by atoms with Crippen molar-refractivity contribution in [2.24, 2.45) is 0 Å². The molecule has 0 unspecified atom stereocenters. The molecule has 1 aromatic rings. The van der Waals surface area contributed by atoms with Gasteiger partial charge in [-0.05, 0) is 17.7 Å². The van der Waals surface area contributed by atoms with Crippen LogP contribution in [-0.4, -0.2) is 29.1 Å². The quantitative estimate of drug-likeness (QED) is 0.664. The van der Waals surface area contributed by atoms with Crippen LogP contribution in [0, 0.1) is 5.21 Å². The van der Waals surface area contributed by atoms with E-state index in [0.29, 0.717) is 5.56 Å². The van der Waals surface area contributed by atoms with Crippen LogP contribution in [0.2, 0.25) is 0 Å². The maximum absolute atomic E-state index is 10.8. The van der Waals surface area contributed by atoms with Gasteiger partial charge in [0.25, 0.3) is 0 Å². The van der Waals surface area contributed by atoms with E-state index in [1.807, 2.05) is 0 Å². The molecule has 0 bridgehead atoms. The summed E-state index contributed by atoms with van der Waals surface area (Å²) in [6, 6.07) is 5.20. The van der Waals surface area contributed by atoms with Crippen LogP contribution in [0.15, 0.2) is 24.3 Å². The van der Waals surface area contributed by atoms with Crippen LogP contribution in [0.25, 0.3) is 0 Å². The monoisotopic (exact) mass is 239 g/mol. The van der Waals surface area contributed by atoms with Crippen LogP contribution in [0.4, 0.5) is 10.5 Å². The predicted octanol–water partition coefficient (Wildman–Crippen LogP) is 0.522. The molecule has 1 amide bonds. The number of rotatable bonds is 3. The summed E-state index contributed by atoms with van der Waals surface area (Å²) in [5, 5.41) is 31.3. The highest BCUT2D eigenvalue weighted by Crippen LogP contribution is 2.22. The van der Waals surface area contributed by atoms with Crippen molar-refractivity contribution in [3.8, 4) is 0 Å². The Kier molecular flexibility index (Phi) is 3.14. The molecule has 7 heteroatoms. The molecule has 0 spiro atoms. The van der Waals surface area contributed by atoms with Gasteiger partial charge in [0.2, 0.25) is 0 Å². The second-order valence-corrected chi connectivity index (χ2v) is 3.66. The normalized spacial score (nSPS) is 20.6. The number of benzene rings is 1. The molecule has 1 heterocycles. The molecule has 7 nitrogen and oxygen atoms in total. The Morgan fingerprint density at radius 3 is 2.59 bits per heavy atom. The Hall–Kier alpha value is -1.83. The largest absolute Gasteiger partial charge is 0.733 e. The molecule has 2 rings (SSSR count). The molecule has 17 heavy (non-hydrogen) atoms. The minimum atomic E-state index is -0.922. The topological polar surface area (TPSA) is 105 Å². The number of nitrogens with one attached hydrogen (secondary N) is 1. The van der Waals surface area contributed by atoms with E-state index in [1.54, 1.807) is 0 Å². The molecule has 1 aromatic carbocycles. The smallest absolute Gasteiger partial charge is 0.407 e. The minimum Gasteiger partial charge on any atom is -0.733 e. The zero-order valence-electron chi connectivity index (χ0n) is 8.74. The number of aliphatic hydroxyl groups is 1. The summed E-state index contributed by atoms with van der Waals surface area (Å²) in [6.07, 6.45) is -1.49. The maximum atomic E-state index is 10.8. The molecular formula is C10H11N2O5-. The van der Waals surface area contributed by atoms with E-state index in [2.05, 4.69) is 10.1 Å². The molecule has 2 atom stereocenters. The average molecular weight is 239 g/mol. The van der Waals surface area contributed by atoms with Crippen molar-refractivity contribution >= 4 is 11.8 Å². The first-order valence-electron chi connectivity index (χ1n) is 4.95. The van der Waals surface area contributed by atoms with E-state index < -0.39 is 18.2 Å². The van der Waals surface area contributed by atoms with Crippen LogP contribution < -0.4 is 10.5 Å². The molecule has 1 aliphatic heterocycles. The zero-order valence-corrected chi connectivity index (χ0v) is 8.74. The van der Waals surface area contributed by atoms with Crippen LogP contribution in [0.5, 0.6) is 0 Å². The number of hydrogen-bond acceptors (Lipinski definition) is 6. The third-order valence-corrected chi connectivity index (χ3v) is 2.53. The lowest BCUT2D eigenvalue weighted by Gasteiger charge is -2.22. The number of carbonyl (C=O) groups is 1. The number of carbonyl (C=O) groups excluding carboxylic acids is 1. The highest BCUT2D eigenvalue weighted by molar-refractivity contribution is 5.69. The van der Waals surface area contributed by atoms with Gasteiger partial charge in [-0.2, -0.15) is 0 Å². The lowest BCUT2D eigenvalue weighted by molar-refractivity contribution is 0.125. The third kappa shape index (κ3) is 2.47. The van der Waals surface area contributed by atoms with Crippen molar-refractivity contribution in [2.45, 2.75) is 12.1 Å². The second-order valence-electron chi connectivity index (χ2n) is 3.66. The van der Waals surface area contributed by atoms with Crippen molar-refractivity contribution < 1.29 is 19.8 Å². The van der Waals surface area contributed by atoms with E-state index in [4.69, 9.17) is 5.21 Å². The van der Waals surface area contributed by atoms with E-state index >= 15 is 0 Å². The Morgan fingerprint density at radius 1 is 1.47 bits per heavy atom. The van der Waals surface area contributed by atoms with Crippen molar-refractivity contribution in [3.05, 3.63) is 35.0 Å². The summed E-state index contributed by atoms with van der Waals surface area (Å²) in [4.78, 5) is 10.8. The molecule has 0 aliphatic carbocycles. The zero-order chi connectivity index (χ0) is 12.4. The number of alkyl carbamates (subject to hydrolysis) is 1. The molecule has 0 radical (unpaired) electrons. The first kappa shape index (κ1) is 11.6. The third-order valence-electron chi connectivity index (χ3n) is 2.53. The highest BCUT2D eigenvalue weighted by Gasteiger charge is 2.29. The maximum Gasteiger partial charge on any atom is 0.407 e. The second kappa shape index (κ2) is 4.58. The minimum absolute atomic E-state index is 0.0626. The summed E-state index contributed by atoms with van der Waals surface area (Å²) >= 11 is 0. The van der Waals surface area contributed by atoms with Crippen molar-refractivity contribution in [2.75, 3.05) is 11.8 Å².